The molecular formula is C34H33N3O6. The molecule has 0 unspecified atom stereocenters. The lowest BCUT2D eigenvalue weighted by Crippen LogP contribution is -2.52. The van der Waals surface area contributed by atoms with Gasteiger partial charge in [0.1, 0.15) is 17.1 Å². The number of nitrogens with zero attached hydrogens (tertiary/aromatic N) is 3. The number of fused-ring (bicyclic) bond motifs is 2. The molecule has 1 saturated heterocycles. The summed E-state index contributed by atoms with van der Waals surface area (Å²) >= 11 is 0. The number of aromatic carboxylic acids is 1. The van der Waals surface area contributed by atoms with Crippen LogP contribution in [0.3, 0.4) is 0 Å². The molecule has 0 atom stereocenters. The van der Waals surface area contributed by atoms with Crippen LogP contribution < -0.4 is 9.47 Å². The first-order chi connectivity index (χ1) is 20.7. The second-order valence-corrected chi connectivity index (χ2v) is 12.1. The summed E-state index contributed by atoms with van der Waals surface area (Å²) in [6, 6.07) is 11.3. The SMILES string of the molecule is COc1cc(C(=O)N2CCC3(CC2)CC(=O)c2cc(-c4cnc(C)c(C(=O)O)c4)ccc2O3)cc2c1c(C)cn2C1CC1. The average molecular weight is 580 g/mol. The van der Waals surface area contributed by atoms with E-state index in [0.29, 0.717) is 71.4 Å². The topological polar surface area (TPSA) is 111 Å². The highest BCUT2D eigenvalue weighted by Crippen LogP contribution is 2.43. The van der Waals surface area contributed by atoms with Crippen LogP contribution in [0.1, 0.15) is 80.5 Å². The second kappa shape index (κ2) is 9.97. The van der Waals surface area contributed by atoms with Gasteiger partial charge in [-0.2, -0.15) is 0 Å². The summed E-state index contributed by atoms with van der Waals surface area (Å²) in [7, 11) is 1.64. The van der Waals surface area contributed by atoms with Gasteiger partial charge in [0, 0.05) is 60.9 Å². The Kier molecular flexibility index (Phi) is 6.30. The Bertz CT molecular complexity index is 1830. The number of carbonyl (C=O) groups excluding carboxylic acids is 2. The molecule has 220 valence electrons. The molecule has 4 aromatic rings. The third-order valence-corrected chi connectivity index (χ3v) is 9.20. The number of ketones is 1. The van der Waals surface area contributed by atoms with Gasteiger partial charge in [-0.15, -0.1) is 0 Å². The van der Waals surface area contributed by atoms with E-state index in [0.717, 1.165) is 29.3 Å². The van der Waals surface area contributed by atoms with Gasteiger partial charge in [0.15, 0.2) is 5.78 Å². The van der Waals surface area contributed by atoms with E-state index in [1.54, 1.807) is 38.4 Å². The fourth-order valence-electron chi connectivity index (χ4n) is 6.64. The minimum atomic E-state index is -1.04. The normalized spacial score (nSPS) is 17.6. The van der Waals surface area contributed by atoms with Crippen molar-refractivity contribution < 1.29 is 29.0 Å². The maximum atomic E-state index is 13.7. The van der Waals surface area contributed by atoms with Crippen LogP contribution in [0.25, 0.3) is 22.0 Å². The van der Waals surface area contributed by atoms with Crippen molar-refractivity contribution in [2.24, 2.45) is 0 Å². The molecule has 9 heteroatoms. The Morgan fingerprint density at radius 3 is 2.53 bits per heavy atom. The lowest BCUT2D eigenvalue weighted by molar-refractivity contribution is -0.00572. The van der Waals surface area contributed by atoms with Gasteiger partial charge in [-0.05, 0) is 68.1 Å². The zero-order chi connectivity index (χ0) is 30.0. The van der Waals surface area contributed by atoms with Crippen LogP contribution >= 0.6 is 0 Å². The minimum Gasteiger partial charge on any atom is -0.496 e. The highest BCUT2D eigenvalue weighted by Gasteiger charge is 2.44. The monoisotopic (exact) mass is 579 g/mol. The fraction of sp³-hybridized carbons (Fsp3) is 0.353. The Morgan fingerprint density at radius 2 is 1.84 bits per heavy atom. The first-order valence-corrected chi connectivity index (χ1v) is 14.7. The van der Waals surface area contributed by atoms with Gasteiger partial charge in [-0.3, -0.25) is 14.6 Å². The van der Waals surface area contributed by atoms with E-state index < -0.39 is 11.6 Å². The summed E-state index contributed by atoms with van der Waals surface area (Å²) in [6.45, 7) is 4.69. The van der Waals surface area contributed by atoms with Gasteiger partial charge in [-0.25, -0.2) is 4.79 Å². The Morgan fingerprint density at radius 1 is 1.07 bits per heavy atom. The van der Waals surface area contributed by atoms with E-state index in [1.807, 2.05) is 23.1 Å². The van der Waals surface area contributed by atoms with E-state index >= 15 is 0 Å². The molecular weight excluding hydrogens is 546 g/mol. The van der Waals surface area contributed by atoms with Crippen molar-refractivity contribution >= 4 is 28.6 Å². The molecule has 2 fully saturated rings. The van der Waals surface area contributed by atoms with Gasteiger partial charge in [0.2, 0.25) is 0 Å². The van der Waals surface area contributed by atoms with Crippen molar-refractivity contribution in [2.45, 2.75) is 57.6 Å². The maximum absolute atomic E-state index is 13.7. The number of likely N-dealkylation sites (tertiary alicyclic amines) is 1. The van der Waals surface area contributed by atoms with Crippen molar-refractivity contribution in [3.63, 3.8) is 0 Å². The summed E-state index contributed by atoms with van der Waals surface area (Å²) in [5, 5.41) is 10.5. The van der Waals surface area contributed by atoms with Crippen LogP contribution in [0.5, 0.6) is 11.5 Å². The number of ether oxygens (including phenoxy) is 2. The number of benzene rings is 2. The van der Waals surface area contributed by atoms with Crippen LogP contribution in [-0.2, 0) is 0 Å². The van der Waals surface area contributed by atoms with Crippen LogP contribution in [0, 0.1) is 13.8 Å². The molecule has 9 nitrogen and oxygen atoms in total. The number of hydrogen-bond donors (Lipinski definition) is 1. The number of piperidine rings is 1. The fourth-order valence-corrected chi connectivity index (χ4v) is 6.64. The molecule has 1 saturated carbocycles. The molecule has 1 spiro atoms. The van der Waals surface area contributed by atoms with Gasteiger partial charge < -0.3 is 24.0 Å². The largest absolute Gasteiger partial charge is 0.496 e. The van der Waals surface area contributed by atoms with E-state index in [4.69, 9.17) is 9.47 Å². The number of amides is 1. The van der Waals surface area contributed by atoms with Crippen molar-refractivity contribution in [1.29, 1.82) is 0 Å². The molecule has 43 heavy (non-hydrogen) atoms. The zero-order valence-electron chi connectivity index (χ0n) is 24.5. The van der Waals surface area contributed by atoms with Crippen molar-refractivity contribution in [2.75, 3.05) is 20.2 Å². The number of rotatable bonds is 5. The van der Waals surface area contributed by atoms with Crippen molar-refractivity contribution in [1.82, 2.24) is 14.5 Å². The second-order valence-electron chi connectivity index (χ2n) is 12.1. The van der Waals surface area contributed by atoms with E-state index in [-0.39, 0.29) is 23.7 Å². The van der Waals surface area contributed by atoms with E-state index in [1.165, 1.54) is 0 Å². The molecule has 1 N–H and O–H groups in total. The third-order valence-electron chi connectivity index (χ3n) is 9.20. The standard InChI is InChI=1S/C34H33N3O6/c1-19-18-37(24-5-6-24)27-14-22(15-30(42-3)31(19)27)32(39)36-10-8-34(9-11-36)16-28(38)26-12-21(4-7-29(26)43-34)23-13-25(33(40)41)20(2)35-17-23/h4,7,12-15,17-18,24H,5-6,8-11,16H2,1-3H3,(H,40,41). The highest BCUT2D eigenvalue weighted by molar-refractivity contribution is 6.03. The number of carboxylic acid groups (broad SMARTS) is 1. The first-order valence-electron chi connectivity index (χ1n) is 14.7. The first kappa shape index (κ1) is 27.2. The molecule has 1 amide bonds. The van der Waals surface area contributed by atoms with Crippen molar-refractivity contribution in [3.05, 3.63) is 76.7 Å². The molecule has 7 rings (SSSR count). The number of carboxylic acids is 1. The smallest absolute Gasteiger partial charge is 0.337 e. The number of Topliss-reactive ketones (excluding diaryl/α,β-unsaturated/α-hetero) is 1. The molecule has 2 aromatic carbocycles. The summed E-state index contributed by atoms with van der Waals surface area (Å²) in [6.07, 6.45) is 7.40. The van der Waals surface area contributed by atoms with Gasteiger partial charge in [-0.1, -0.05) is 6.07 Å². The van der Waals surface area contributed by atoms with Gasteiger partial charge in [0.25, 0.3) is 5.91 Å². The van der Waals surface area contributed by atoms with E-state index in [9.17, 15) is 19.5 Å². The number of pyridine rings is 1. The predicted octanol–water partition coefficient (Wildman–Crippen LogP) is 6.00. The minimum absolute atomic E-state index is 0.0206. The van der Waals surface area contributed by atoms with Gasteiger partial charge in [0.05, 0.1) is 35.9 Å². The quantitative estimate of drug-likeness (QED) is 0.309. The Labute approximate surface area is 249 Å². The molecule has 1 aliphatic carbocycles. The third kappa shape index (κ3) is 4.63. The van der Waals surface area contributed by atoms with Gasteiger partial charge >= 0.3 is 5.97 Å². The van der Waals surface area contributed by atoms with Crippen molar-refractivity contribution in [3.8, 4) is 22.6 Å². The predicted molar refractivity (Wildman–Crippen MR) is 160 cm³/mol. The summed E-state index contributed by atoms with van der Waals surface area (Å²) in [5.41, 5.74) is 4.50. The number of hydrogen-bond acceptors (Lipinski definition) is 6. The van der Waals surface area contributed by atoms with E-state index in [2.05, 4.69) is 22.7 Å². The number of carbonyl (C=O) groups is 3. The molecule has 4 heterocycles. The van der Waals surface area contributed by atoms with Crippen LogP contribution in [0.4, 0.5) is 0 Å². The Hall–Kier alpha value is -4.66. The lowest BCUT2D eigenvalue weighted by Gasteiger charge is -2.44. The maximum Gasteiger partial charge on any atom is 0.337 e. The summed E-state index contributed by atoms with van der Waals surface area (Å²) in [4.78, 5) is 44.8. The molecule has 2 aromatic heterocycles. The van der Waals surface area contributed by atoms with Crippen LogP contribution in [0.15, 0.2) is 48.8 Å². The van der Waals surface area contributed by atoms with Crippen LogP contribution in [0.2, 0.25) is 0 Å². The average Bonchev–Trinajstić information content (AvgIpc) is 3.79. The van der Waals surface area contributed by atoms with Crippen LogP contribution in [-0.4, -0.2) is 63.0 Å². The molecule has 0 radical (unpaired) electrons. The number of methoxy groups -OCH3 is 1. The number of aryl methyl sites for hydroxylation is 2. The summed E-state index contributed by atoms with van der Waals surface area (Å²) in [5.74, 6) is 0.121. The molecule has 0 bridgehead atoms. The molecule has 2 aliphatic heterocycles. The highest BCUT2D eigenvalue weighted by atomic mass is 16.5. The molecule has 3 aliphatic rings. The lowest BCUT2D eigenvalue weighted by atomic mass is 9.82. The Balaban J connectivity index is 1.10. The summed E-state index contributed by atoms with van der Waals surface area (Å²) < 4.78 is 14.5. The number of aromatic nitrogens is 2. The zero-order valence-corrected chi connectivity index (χ0v) is 24.5.